The first kappa shape index (κ1) is 14.0. The van der Waals surface area contributed by atoms with Gasteiger partial charge in [-0.2, -0.15) is 0 Å². The third kappa shape index (κ3) is 4.34. The van der Waals surface area contributed by atoms with Crippen LogP contribution in [0.25, 0.3) is 0 Å². The van der Waals surface area contributed by atoms with E-state index in [1.165, 1.54) is 0 Å². The van der Waals surface area contributed by atoms with Crippen LogP contribution in [0.4, 0.5) is 0 Å². The topological polar surface area (TPSA) is 70.2 Å². The van der Waals surface area contributed by atoms with Gasteiger partial charge in [0.1, 0.15) is 6.04 Å². The van der Waals surface area contributed by atoms with Crippen LogP contribution in [0.5, 0.6) is 0 Å². The Morgan fingerprint density at radius 1 is 1.47 bits per heavy atom. The monoisotopic (exact) mass is 241 g/mol. The van der Waals surface area contributed by atoms with E-state index in [1.807, 2.05) is 0 Å². The largest absolute Gasteiger partial charge is 0.357 e. The zero-order valence-corrected chi connectivity index (χ0v) is 10.7. The Balaban J connectivity index is 2.46. The molecule has 1 heterocycles. The van der Waals surface area contributed by atoms with E-state index in [4.69, 9.17) is 0 Å². The van der Waals surface area contributed by atoms with Gasteiger partial charge in [0.05, 0.1) is 6.04 Å². The van der Waals surface area contributed by atoms with Crippen molar-refractivity contribution in [2.24, 2.45) is 0 Å². The number of likely N-dealkylation sites (N-methyl/N-ethyl adjacent to an activating group) is 1. The van der Waals surface area contributed by atoms with Crippen LogP contribution < -0.4 is 16.0 Å². The SMILES string of the molecule is CCCCC(NC(=O)C1CCCN1)C(=O)NC. The first-order valence-electron chi connectivity index (χ1n) is 6.44. The Morgan fingerprint density at radius 3 is 2.76 bits per heavy atom. The molecule has 0 saturated carbocycles. The van der Waals surface area contributed by atoms with Crippen LogP contribution in [-0.2, 0) is 9.59 Å². The van der Waals surface area contributed by atoms with Crippen LogP contribution in [0, 0.1) is 0 Å². The van der Waals surface area contributed by atoms with E-state index in [-0.39, 0.29) is 17.9 Å². The van der Waals surface area contributed by atoms with Gasteiger partial charge in [0.25, 0.3) is 0 Å². The number of nitrogens with one attached hydrogen (secondary N) is 3. The third-order valence-corrected chi connectivity index (χ3v) is 3.10. The summed E-state index contributed by atoms with van der Waals surface area (Å²) in [6, 6.07) is -0.515. The molecule has 2 amide bonds. The predicted octanol–water partition coefficient (Wildman–Crippen LogP) is 0.159. The fourth-order valence-corrected chi connectivity index (χ4v) is 2.03. The molecule has 2 unspecified atom stereocenters. The van der Waals surface area contributed by atoms with Crippen molar-refractivity contribution >= 4 is 11.8 Å². The maximum absolute atomic E-state index is 11.9. The summed E-state index contributed by atoms with van der Waals surface area (Å²) in [4.78, 5) is 23.5. The Kier molecular flexibility index (Phi) is 5.97. The lowest BCUT2D eigenvalue weighted by Gasteiger charge is -2.19. The van der Waals surface area contributed by atoms with Gasteiger partial charge in [-0.05, 0) is 25.8 Å². The van der Waals surface area contributed by atoms with Gasteiger partial charge >= 0.3 is 0 Å². The number of unbranched alkanes of at least 4 members (excludes halogenated alkanes) is 1. The molecule has 5 nitrogen and oxygen atoms in total. The van der Waals surface area contributed by atoms with Gasteiger partial charge in [-0.1, -0.05) is 19.8 Å². The fraction of sp³-hybridized carbons (Fsp3) is 0.833. The van der Waals surface area contributed by atoms with Gasteiger partial charge < -0.3 is 16.0 Å². The van der Waals surface area contributed by atoms with Crippen LogP contribution in [0.3, 0.4) is 0 Å². The summed E-state index contributed by atoms with van der Waals surface area (Å²) in [6.07, 6.45) is 4.55. The number of carbonyl (C=O) groups is 2. The Bertz CT molecular complexity index is 262. The number of rotatable bonds is 6. The molecule has 1 fully saturated rings. The quantitative estimate of drug-likeness (QED) is 0.620. The molecule has 1 saturated heterocycles. The van der Waals surface area contributed by atoms with Crippen molar-refractivity contribution < 1.29 is 9.59 Å². The highest BCUT2D eigenvalue weighted by Gasteiger charge is 2.26. The molecule has 0 bridgehead atoms. The highest BCUT2D eigenvalue weighted by atomic mass is 16.2. The summed E-state index contributed by atoms with van der Waals surface area (Å²) < 4.78 is 0. The number of amides is 2. The molecule has 0 aromatic rings. The maximum atomic E-state index is 11.9. The van der Waals surface area contributed by atoms with Gasteiger partial charge in [0.2, 0.25) is 11.8 Å². The highest BCUT2D eigenvalue weighted by molar-refractivity contribution is 5.89. The molecule has 0 radical (unpaired) electrons. The molecule has 1 aliphatic heterocycles. The minimum atomic E-state index is -0.394. The maximum Gasteiger partial charge on any atom is 0.242 e. The number of hydrogen-bond donors (Lipinski definition) is 3. The van der Waals surface area contributed by atoms with Gasteiger partial charge in [-0.25, -0.2) is 0 Å². The van der Waals surface area contributed by atoms with Crippen LogP contribution in [-0.4, -0.2) is 37.5 Å². The lowest BCUT2D eigenvalue weighted by molar-refractivity contribution is -0.129. The molecule has 0 spiro atoms. The summed E-state index contributed by atoms with van der Waals surface area (Å²) in [5, 5.41) is 8.56. The molecule has 17 heavy (non-hydrogen) atoms. The van der Waals surface area contributed by atoms with Gasteiger partial charge in [-0.15, -0.1) is 0 Å². The van der Waals surface area contributed by atoms with Gasteiger partial charge in [0.15, 0.2) is 0 Å². The summed E-state index contributed by atoms with van der Waals surface area (Å²) in [5.74, 6) is -0.156. The molecular weight excluding hydrogens is 218 g/mol. The van der Waals surface area contributed by atoms with E-state index in [0.717, 1.165) is 32.2 Å². The van der Waals surface area contributed by atoms with Crippen molar-refractivity contribution in [2.45, 2.75) is 51.1 Å². The van der Waals surface area contributed by atoms with Crippen molar-refractivity contribution in [1.82, 2.24) is 16.0 Å². The molecule has 3 N–H and O–H groups in total. The van der Waals surface area contributed by atoms with Gasteiger partial charge in [-0.3, -0.25) is 9.59 Å². The number of carbonyl (C=O) groups excluding carboxylic acids is 2. The van der Waals surface area contributed by atoms with E-state index in [2.05, 4.69) is 22.9 Å². The second-order valence-electron chi connectivity index (χ2n) is 4.47. The summed E-state index contributed by atoms with van der Waals surface area (Å²) >= 11 is 0. The highest BCUT2D eigenvalue weighted by Crippen LogP contribution is 2.07. The Morgan fingerprint density at radius 2 is 2.24 bits per heavy atom. The van der Waals surface area contributed by atoms with E-state index in [0.29, 0.717) is 6.42 Å². The molecule has 5 heteroatoms. The number of hydrogen-bond acceptors (Lipinski definition) is 3. The van der Waals surface area contributed by atoms with Crippen LogP contribution >= 0.6 is 0 Å². The van der Waals surface area contributed by atoms with Gasteiger partial charge in [0, 0.05) is 7.05 Å². The molecular formula is C12H23N3O2. The van der Waals surface area contributed by atoms with Crippen LogP contribution in [0.15, 0.2) is 0 Å². The van der Waals surface area contributed by atoms with E-state index >= 15 is 0 Å². The van der Waals surface area contributed by atoms with Crippen LogP contribution in [0.1, 0.15) is 39.0 Å². The standard InChI is InChI=1S/C12H23N3O2/c1-3-4-6-10(11(16)13-2)15-12(17)9-7-5-8-14-9/h9-10,14H,3-8H2,1-2H3,(H,13,16)(H,15,17). The van der Waals surface area contributed by atoms with Crippen molar-refractivity contribution in [2.75, 3.05) is 13.6 Å². The molecule has 1 rings (SSSR count). The molecule has 0 aromatic carbocycles. The summed E-state index contributed by atoms with van der Waals surface area (Å²) in [5.41, 5.74) is 0. The molecule has 1 aliphatic rings. The molecule has 0 aliphatic carbocycles. The smallest absolute Gasteiger partial charge is 0.242 e. The van der Waals surface area contributed by atoms with Crippen molar-refractivity contribution in [3.8, 4) is 0 Å². The zero-order valence-electron chi connectivity index (χ0n) is 10.7. The lowest BCUT2D eigenvalue weighted by Crippen LogP contribution is -2.50. The second kappa shape index (κ2) is 7.27. The second-order valence-corrected chi connectivity index (χ2v) is 4.47. The normalized spacial score (nSPS) is 20.9. The average Bonchev–Trinajstić information content (AvgIpc) is 2.87. The molecule has 0 aromatic heterocycles. The van der Waals surface area contributed by atoms with E-state index < -0.39 is 6.04 Å². The zero-order chi connectivity index (χ0) is 12.7. The molecule has 2 atom stereocenters. The van der Waals surface area contributed by atoms with E-state index in [1.54, 1.807) is 7.05 Å². The average molecular weight is 241 g/mol. The molecule has 98 valence electrons. The van der Waals surface area contributed by atoms with E-state index in [9.17, 15) is 9.59 Å². The van der Waals surface area contributed by atoms with Crippen LogP contribution in [0.2, 0.25) is 0 Å². The van der Waals surface area contributed by atoms with Crippen molar-refractivity contribution in [3.63, 3.8) is 0 Å². The minimum Gasteiger partial charge on any atom is -0.357 e. The van der Waals surface area contributed by atoms with Crippen molar-refractivity contribution in [1.29, 1.82) is 0 Å². The first-order valence-corrected chi connectivity index (χ1v) is 6.44. The van der Waals surface area contributed by atoms with Crippen molar-refractivity contribution in [3.05, 3.63) is 0 Å². The first-order chi connectivity index (χ1) is 8.19. The summed E-state index contributed by atoms with van der Waals surface area (Å²) in [6.45, 7) is 2.96. The predicted molar refractivity (Wildman–Crippen MR) is 66.5 cm³/mol. The lowest BCUT2D eigenvalue weighted by atomic mass is 10.1. The third-order valence-electron chi connectivity index (χ3n) is 3.10. The minimum absolute atomic E-state index is 0.0489. The fourth-order valence-electron chi connectivity index (χ4n) is 2.03. The Hall–Kier alpha value is -1.10. The Labute approximate surface area is 103 Å². The summed E-state index contributed by atoms with van der Waals surface area (Å²) in [7, 11) is 1.60.